The molecule has 0 aliphatic rings. The molecule has 0 bridgehead atoms. The predicted molar refractivity (Wildman–Crippen MR) is 66.1 cm³/mol. The van der Waals surface area contributed by atoms with Crippen molar-refractivity contribution in [3.05, 3.63) is 29.8 Å². The first kappa shape index (κ1) is 12.3. The highest BCUT2D eigenvalue weighted by Crippen LogP contribution is 2.10. The van der Waals surface area contributed by atoms with Crippen LogP contribution in [0.2, 0.25) is 0 Å². The van der Waals surface area contributed by atoms with Gasteiger partial charge in [0.05, 0.1) is 0 Å². The lowest BCUT2D eigenvalue weighted by Gasteiger charge is -2.01. The van der Waals surface area contributed by atoms with E-state index in [9.17, 15) is 0 Å². The van der Waals surface area contributed by atoms with Gasteiger partial charge in [0.25, 0.3) is 0 Å². The third-order valence-electron chi connectivity index (χ3n) is 2.84. The summed E-state index contributed by atoms with van der Waals surface area (Å²) >= 11 is 0. The van der Waals surface area contributed by atoms with Gasteiger partial charge in [-0.15, -0.1) is 0 Å². The maximum Gasteiger partial charge on any atom is 0.127 e. The minimum absolute atomic E-state index is 1.11. The molecule has 84 valence electrons. The maximum absolute atomic E-state index is 3.89. The number of rotatable bonds is 7. The molecule has 0 heterocycles. The van der Waals surface area contributed by atoms with Crippen LogP contribution in [0.5, 0.6) is 0 Å². The molecule has 1 aromatic rings. The lowest BCUT2D eigenvalue weighted by atomic mass is 10.0. The van der Waals surface area contributed by atoms with Crippen LogP contribution in [0, 0.1) is 0 Å². The fourth-order valence-corrected chi connectivity index (χ4v) is 1.82. The van der Waals surface area contributed by atoms with Crippen molar-refractivity contribution in [2.45, 2.75) is 51.9 Å². The van der Waals surface area contributed by atoms with Gasteiger partial charge in [-0.05, 0) is 30.5 Å². The SMILES string of the molecule is CCCCCCCCc1ccc([NH3+])cc1. The monoisotopic (exact) mass is 206 g/mol. The average Bonchev–Trinajstić information content (AvgIpc) is 2.26. The Morgan fingerprint density at radius 3 is 2.13 bits per heavy atom. The molecular weight excluding hydrogens is 182 g/mol. The topological polar surface area (TPSA) is 27.6 Å². The molecule has 0 amide bonds. The number of hydrogen-bond donors (Lipinski definition) is 1. The zero-order chi connectivity index (χ0) is 10.9. The molecule has 15 heavy (non-hydrogen) atoms. The van der Waals surface area contributed by atoms with Crippen LogP contribution in [-0.2, 0) is 6.42 Å². The fourth-order valence-electron chi connectivity index (χ4n) is 1.82. The molecule has 0 aliphatic carbocycles. The molecule has 0 radical (unpaired) electrons. The second kappa shape index (κ2) is 7.47. The molecule has 0 saturated heterocycles. The van der Waals surface area contributed by atoms with E-state index in [1.54, 1.807) is 0 Å². The van der Waals surface area contributed by atoms with Crippen LogP contribution < -0.4 is 5.73 Å². The third kappa shape index (κ3) is 5.58. The molecule has 0 aromatic heterocycles. The van der Waals surface area contributed by atoms with Crippen LogP contribution in [0.25, 0.3) is 0 Å². The van der Waals surface area contributed by atoms with Gasteiger partial charge in [-0.3, -0.25) is 0 Å². The maximum atomic E-state index is 3.89. The van der Waals surface area contributed by atoms with Crippen LogP contribution in [0.3, 0.4) is 0 Å². The van der Waals surface area contributed by atoms with Crippen molar-refractivity contribution in [2.24, 2.45) is 0 Å². The van der Waals surface area contributed by atoms with Crippen LogP contribution in [0.15, 0.2) is 24.3 Å². The Bertz CT molecular complexity index is 251. The Balaban J connectivity index is 2.07. The van der Waals surface area contributed by atoms with E-state index in [2.05, 4.69) is 36.9 Å². The van der Waals surface area contributed by atoms with E-state index in [0.717, 1.165) is 5.69 Å². The van der Waals surface area contributed by atoms with Crippen molar-refractivity contribution in [3.8, 4) is 0 Å². The van der Waals surface area contributed by atoms with Crippen LogP contribution in [0.1, 0.15) is 51.0 Å². The van der Waals surface area contributed by atoms with Gasteiger partial charge < -0.3 is 5.73 Å². The van der Waals surface area contributed by atoms with Gasteiger partial charge in [0.1, 0.15) is 5.69 Å². The van der Waals surface area contributed by atoms with Crippen molar-refractivity contribution in [1.82, 2.24) is 0 Å². The lowest BCUT2D eigenvalue weighted by Crippen LogP contribution is -2.39. The van der Waals surface area contributed by atoms with E-state index in [1.165, 1.54) is 50.5 Å². The number of quaternary nitrogens is 1. The van der Waals surface area contributed by atoms with Crippen molar-refractivity contribution < 1.29 is 5.73 Å². The minimum atomic E-state index is 1.11. The highest BCUT2D eigenvalue weighted by atomic mass is 14.5. The van der Waals surface area contributed by atoms with Crippen molar-refractivity contribution in [1.29, 1.82) is 0 Å². The van der Waals surface area contributed by atoms with Crippen LogP contribution in [-0.4, -0.2) is 0 Å². The Morgan fingerprint density at radius 2 is 1.47 bits per heavy atom. The summed E-state index contributed by atoms with van der Waals surface area (Å²) in [4.78, 5) is 0. The smallest absolute Gasteiger partial charge is 0.127 e. The van der Waals surface area contributed by atoms with Crippen molar-refractivity contribution in [3.63, 3.8) is 0 Å². The first-order chi connectivity index (χ1) is 7.33. The minimum Gasteiger partial charge on any atom is -0.325 e. The van der Waals surface area contributed by atoms with Crippen LogP contribution in [0.4, 0.5) is 5.69 Å². The second-order valence-corrected chi connectivity index (χ2v) is 4.33. The van der Waals surface area contributed by atoms with Gasteiger partial charge in [-0.2, -0.15) is 0 Å². The predicted octanol–water partition coefficient (Wildman–Crippen LogP) is 3.46. The second-order valence-electron chi connectivity index (χ2n) is 4.33. The van der Waals surface area contributed by atoms with E-state index in [0.29, 0.717) is 0 Å². The summed E-state index contributed by atoms with van der Waals surface area (Å²) in [5, 5.41) is 0. The largest absolute Gasteiger partial charge is 0.325 e. The Hall–Kier alpha value is -0.820. The Morgan fingerprint density at radius 1 is 0.867 bits per heavy atom. The van der Waals surface area contributed by atoms with E-state index >= 15 is 0 Å². The van der Waals surface area contributed by atoms with Crippen molar-refractivity contribution >= 4 is 5.69 Å². The van der Waals surface area contributed by atoms with Crippen LogP contribution >= 0.6 is 0 Å². The molecule has 1 nitrogen and oxygen atoms in total. The van der Waals surface area contributed by atoms with E-state index < -0.39 is 0 Å². The standard InChI is InChI=1S/C14H23N/c1-2-3-4-5-6-7-8-13-9-11-14(15)12-10-13/h9-12H,2-8,15H2,1H3/p+1. The first-order valence-electron chi connectivity index (χ1n) is 6.24. The number of benzene rings is 1. The van der Waals surface area contributed by atoms with Crippen molar-refractivity contribution in [2.75, 3.05) is 0 Å². The molecule has 0 fully saturated rings. The summed E-state index contributed by atoms with van der Waals surface area (Å²) in [6, 6.07) is 8.61. The van der Waals surface area contributed by atoms with Gasteiger partial charge >= 0.3 is 0 Å². The molecule has 0 atom stereocenters. The molecule has 0 saturated carbocycles. The summed E-state index contributed by atoms with van der Waals surface area (Å²) in [6.07, 6.45) is 9.50. The van der Waals surface area contributed by atoms with Gasteiger partial charge in [-0.1, -0.05) is 51.2 Å². The Labute approximate surface area is 93.7 Å². The fraction of sp³-hybridized carbons (Fsp3) is 0.571. The number of hydrogen-bond acceptors (Lipinski definition) is 0. The normalized spacial score (nSPS) is 10.5. The lowest BCUT2D eigenvalue weighted by molar-refractivity contribution is -0.254. The highest BCUT2D eigenvalue weighted by molar-refractivity contribution is 5.31. The molecule has 1 heteroatoms. The molecule has 0 unspecified atom stereocenters. The first-order valence-corrected chi connectivity index (χ1v) is 6.24. The average molecular weight is 206 g/mol. The highest BCUT2D eigenvalue weighted by Gasteiger charge is 1.94. The third-order valence-corrected chi connectivity index (χ3v) is 2.84. The molecule has 0 spiro atoms. The van der Waals surface area contributed by atoms with E-state index in [-0.39, 0.29) is 0 Å². The molecular formula is C14H24N+. The summed E-state index contributed by atoms with van der Waals surface area (Å²) in [5.41, 5.74) is 6.46. The zero-order valence-electron chi connectivity index (χ0n) is 9.97. The van der Waals surface area contributed by atoms with Gasteiger partial charge in [0.2, 0.25) is 0 Å². The van der Waals surface area contributed by atoms with Gasteiger partial charge in [0, 0.05) is 0 Å². The molecule has 1 rings (SSSR count). The summed E-state index contributed by atoms with van der Waals surface area (Å²) in [6.45, 7) is 2.26. The summed E-state index contributed by atoms with van der Waals surface area (Å²) in [5.74, 6) is 0. The summed E-state index contributed by atoms with van der Waals surface area (Å²) in [7, 11) is 0. The summed E-state index contributed by atoms with van der Waals surface area (Å²) < 4.78 is 0. The van der Waals surface area contributed by atoms with E-state index in [4.69, 9.17) is 0 Å². The van der Waals surface area contributed by atoms with E-state index in [1.807, 2.05) is 0 Å². The zero-order valence-corrected chi connectivity index (χ0v) is 9.97. The molecule has 3 N–H and O–H groups in total. The van der Waals surface area contributed by atoms with Gasteiger partial charge in [-0.25, -0.2) is 0 Å². The Kier molecular flexibility index (Phi) is 6.10. The number of aryl methyl sites for hydroxylation is 1. The molecule has 1 aromatic carbocycles. The number of unbranched alkanes of at least 4 members (excludes halogenated alkanes) is 5. The van der Waals surface area contributed by atoms with Gasteiger partial charge in [0.15, 0.2) is 0 Å². The quantitative estimate of drug-likeness (QED) is 0.662. The molecule has 0 aliphatic heterocycles.